The van der Waals surface area contributed by atoms with E-state index in [1.54, 1.807) is 18.4 Å². The molecule has 0 saturated heterocycles. The largest absolute Gasteiger partial charge is 0.468 e. The van der Waals surface area contributed by atoms with Gasteiger partial charge < -0.3 is 15.5 Å². The van der Waals surface area contributed by atoms with Gasteiger partial charge in [0.15, 0.2) is 0 Å². The van der Waals surface area contributed by atoms with Crippen molar-refractivity contribution in [3.8, 4) is 0 Å². The molecule has 0 spiro atoms. The van der Waals surface area contributed by atoms with Crippen LogP contribution in [0.4, 0.5) is 0 Å². The van der Waals surface area contributed by atoms with Crippen molar-refractivity contribution in [3.63, 3.8) is 0 Å². The predicted octanol–water partition coefficient (Wildman–Crippen LogP) is 1.41. The Morgan fingerprint density at radius 1 is 1.18 bits per heavy atom. The van der Waals surface area contributed by atoms with Crippen molar-refractivity contribution in [1.29, 1.82) is 0 Å². The Morgan fingerprint density at radius 3 is 2.32 bits per heavy atom. The van der Waals surface area contributed by atoms with Crippen molar-refractivity contribution in [2.75, 3.05) is 20.6 Å². The van der Waals surface area contributed by atoms with Gasteiger partial charge in [-0.05, 0) is 50.5 Å². The van der Waals surface area contributed by atoms with Crippen LogP contribution < -0.4 is 11.1 Å². The van der Waals surface area contributed by atoms with Crippen molar-refractivity contribution in [3.05, 3.63) is 59.5 Å². The third-order valence-corrected chi connectivity index (χ3v) is 3.38. The predicted molar refractivity (Wildman–Crippen MR) is 82.4 cm³/mol. The number of rotatable bonds is 6. The number of primary amides is 1. The molecule has 116 valence electrons. The maximum atomic E-state index is 12.1. The topological polar surface area (TPSA) is 88.6 Å². The summed E-state index contributed by atoms with van der Waals surface area (Å²) in [6.07, 6.45) is 1.61. The first kappa shape index (κ1) is 15.8. The summed E-state index contributed by atoms with van der Waals surface area (Å²) in [6, 6.07) is 9.86. The Hall–Kier alpha value is -2.60. The first-order valence-corrected chi connectivity index (χ1v) is 6.87. The van der Waals surface area contributed by atoms with E-state index in [0.29, 0.717) is 17.7 Å². The van der Waals surface area contributed by atoms with Crippen molar-refractivity contribution < 1.29 is 14.0 Å². The lowest BCUT2D eigenvalue weighted by molar-refractivity contribution is 0.0936. The monoisotopic (exact) mass is 301 g/mol. The molecule has 1 unspecified atom stereocenters. The number of nitrogens with zero attached hydrogens (tertiary/aromatic N) is 1. The second kappa shape index (κ2) is 6.91. The van der Waals surface area contributed by atoms with E-state index in [4.69, 9.17) is 10.2 Å². The van der Waals surface area contributed by atoms with Crippen LogP contribution in [0.15, 0.2) is 47.1 Å². The van der Waals surface area contributed by atoms with E-state index in [1.165, 1.54) is 12.1 Å². The van der Waals surface area contributed by atoms with E-state index >= 15 is 0 Å². The first-order chi connectivity index (χ1) is 10.5. The van der Waals surface area contributed by atoms with Gasteiger partial charge in [0.05, 0.1) is 12.3 Å². The molecule has 2 amide bonds. The standard InChI is InChI=1S/C16H19N3O3/c1-19(2)13(14-4-3-9-22-14)10-18-16(21)12-7-5-11(6-8-12)15(17)20/h3-9,13H,10H2,1-2H3,(H2,17,20)(H,18,21). The quantitative estimate of drug-likeness (QED) is 0.844. The van der Waals surface area contributed by atoms with Crippen LogP contribution >= 0.6 is 0 Å². The number of amides is 2. The summed E-state index contributed by atoms with van der Waals surface area (Å²) in [5.41, 5.74) is 6.02. The van der Waals surface area contributed by atoms with Crippen LogP contribution in [0.3, 0.4) is 0 Å². The maximum absolute atomic E-state index is 12.1. The number of carbonyl (C=O) groups is 2. The molecule has 1 atom stereocenters. The molecular weight excluding hydrogens is 282 g/mol. The van der Waals surface area contributed by atoms with Gasteiger partial charge in [0, 0.05) is 17.7 Å². The lowest BCUT2D eigenvalue weighted by atomic mass is 10.1. The highest BCUT2D eigenvalue weighted by molar-refractivity contribution is 5.97. The summed E-state index contributed by atoms with van der Waals surface area (Å²) in [4.78, 5) is 25.1. The second-order valence-corrected chi connectivity index (χ2v) is 5.15. The highest BCUT2D eigenvalue weighted by Gasteiger charge is 2.18. The maximum Gasteiger partial charge on any atom is 0.251 e. The Balaban J connectivity index is 2.00. The Labute approximate surface area is 128 Å². The number of nitrogens with two attached hydrogens (primary N) is 1. The normalized spacial score (nSPS) is 12.1. The molecule has 6 heteroatoms. The molecule has 2 aromatic rings. The minimum atomic E-state index is -0.516. The molecule has 1 aromatic heterocycles. The van der Waals surface area contributed by atoms with E-state index in [9.17, 15) is 9.59 Å². The number of hydrogen-bond donors (Lipinski definition) is 2. The molecule has 1 heterocycles. The number of likely N-dealkylation sites (N-methyl/N-ethyl adjacent to an activating group) is 1. The molecule has 1 aromatic carbocycles. The summed E-state index contributed by atoms with van der Waals surface area (Å²) in [5.74, 6) is 0.0567. The van der Waals surface area contributed by atoms with Gasteiger partial charge in [-0.25, -0.2) is 0 Å². The zero-order valence-corrected chi connectivity index (χ0v) is 12.6. The van der Waals surface area contributed by atoms with Gasteiger partial charge in [-0.3, -0.25) is 14.5 Å². The highest BCUT2D eigenvalue weighted by atomic mass is 16.3. The van der Waals surface area contributed by atoms with Gasteiger partial charge in [0.2, 0.25) is 5.91 Å². The van der Waals surface area contributed by atoms with Crippen LogP contribution in [0.1, 0.15) is 32.5 Å². The molecule has 0 aliphatic rings. The third kappa shape index (κ3) is 3.73. The molecule has 22 heavy (non-hydrogen) atoms. The third-order valence-electron chi connectivity index (χ3n) is 3.38. The molecule has 2 rings (SSSR count). The van der Waals surface area contributed by atoms with Crippen molar-refractivity contribution in [2.24, 2.45) is 5.73 Å². The summed E-state index contributed by atoms with van der Waals surface area (Å²) >= 11 is 0. The highest BCUT2D eigenvalue weighted by Crippen LogP contribution is 2.17. The van der Waals surface area contributed by atoms with Gasteiger partial charge >= 0.3 is 0 Å². The van der Waals surface area contributed by atoms with Crippen LogP contribution in [-0.2, 0) is 0 Å². The van der Waals surface area contributed by atoms with E-state index < -0.39 is 5.91 Å². The Morgan fingerprint density at radius 2 is 1.82 bits per heavy atom. The van der Waals surface area contributed by atoms with Gasteiger partial charge in [-0.1, -0.05) is 0 Å². The number of hydrogen-bond acceptors (Lipinski definition) is 4. The number of furan rings is 1. The molecular formula is C16H19N3O3. The fourth-order valence-corrected chi connectivity index (χ4v) is 2.10. The number of carbonyl (C=O) groups excluding carboxylic acids is 2. The van der Waals surface area contributed by atoms with E-state index in [1.807, 2.05) is 31.1 Å². The fourth-order valence-electron chi connectivity index (χ4n) is 2.10. The molecule has 0 aliphatic carbocycles. The van der Waals surface area contributed by atoms with E-state index in [0.717, 1.165) is 5.76 Å². The molecule has 0 aliphatic heterocycles. The van der Waals surface area contributed by atoms with Gasteiger partial charge in [0.25, 0.3) is 5.91 Å². The molecule has 0 fully saturated rings. The van der Waals surface area contributed by atoms with Gasteiger partial charge in [-0.2, -0.15) is 0 Å². The molecule has 3 N–H and O–H groups in total. The van der Waals surface area contributed by atoms with E-state index in [-0.39, 0.29) is 11.9 Å². The average molecular weight is 301 g/mol. The SMILES string of the molecule is CN(C)C(CNC(=O)c1ccc(C(N)=O)cc1)c1ccco1. The van der Waals surface area contributed by atoms with E-state index in [2.05, 4.69) is 5.32 Å². The van der Waals surface area contributed by atoms with Gasteiger partial charge in [0.1, 0.15) is 5.76 Å². The number of benzene rings is 1. The van der Waals surface area contributed by atoms with Crippen molar-refractivity contribution >= 4 is 11.8 Å². The van der Waals surface area contributed by atoms with Crippen LogP contribution in [0.2, 0.25) is 0 Å². The summed E-state index contributed by atoms with van der Waals surface area (Å²) in [6.45, 7) is 0.414. The Bertz CT molecular complexity index is 633. The second-order valence-electron chi connectivity index (χ2n) is 5.15. The summed E-state index contributed by atoms with van der Waals surface area (Å²) < 4.78 is 5.39. The lowest BCUT2D eigenvalue weighted by Gasteiger charge is -2.22. The van der Waals surface area contributed by atoms with Crippen LogP contribution in [-0.4, -0.2) is 37.4 Å². The summed E-state index contributed by atoms with van der Waals surface area (Å²) in [7, 11) is 3.84. The summed E-state index contributed by atoms with van der Waals surface area (Å²) in [5, 5.41) is 2.86. The molecule has 0 saturated carbocycles. The fraction of sp³-hybridized carbons (Fsp3) is 0.250. The van der Waals surface area contributed by atoms with Crippen LogP contribution in [0, 0.1) is 0 Å². The molecule has 0 radical (unpaired) electrons. The molecule has 6 nitrogen and oxygen atoms in total. The minimum Gasteiger partial charge on any atom is -0.468 e. The minimum absolute atomic E-state index is 0.0520. The zero-order chi connectivity index (χ0) is 16.1. The molecule has 0 bridgehead atoms. The van der Waals surface area contributed by atoms with Crippen LogP contribution in [0.5, 0.6) is 0 Å². The van der Waals surface area contributed by atoms with Crippen molar-refractivity contribution in [2.45, 2.75) is 6.04 Å². The first-order valence-electron chi connectivity index (χ1n) is 6.87. The van der Waals surface area contributed by atoms with Gasteiger partial charge in [-0.15, -0.1) is 0 Å². The lowest BCUT2D eigenvalue weighted by Crippen LogP contribution is -2.34. The van der Waals surface area contributed by atoms with Crippen LogP contribution in [0.25, 0.3) is 0 Å². The average Bonchev–Trinajstić information content (AvgIpc) is 3.01. The smallest absolute Gasteiger partial charge is 0.251 e. The zero-order valence-electron chi connectivity index (χ0n) is 12.6. The van der Waals surface area contributed by atoms with Crippen molar-refractivity contribution in [1.82, 2.24) is 10.2 Å². The number of nitrogens with one attached hydrogen (secondary N) is 1. The Kier molecular flexibility index (Phi) is 4.95.